The number of aromatic nitrogens is 3. The van der Waals surface area contributed by atoms with Gasteiger partial charge >= 0.3 is 11.6 Å². The number of rotatable bonds is 4. The molecule has 0 bridgehead atoms. The zero-order valence-electron chi connectivity index (χ0n) is 16.0. The van der Waals surface area contributed by atoms with Crippen molar-refractivity contribution in [3.8, 4) is 11.4 Å². The number of carbonyl (C=O) groups excluding carboxylic acids is 1. The number of pyridine rings is 1. The fraction of sp³-hybridized carbons (Fsp3) is 0.353. The van der Waals surface area contributed by atoms with Crippen LogP contribution in [-0.2, 0) is 29.8 Å². The molecule has 3 heterocycles. The van der Waals surface area contributed by atoms with E-state index in [1.165, 1.54) is 16.7 Å². The van der Waals surface area contributed by atoms with E-state index in [4.69, 9.17) is 9.26 Å². The third kappa shape index (κ3) is 6.19. The molecule has 161 valence electrons. The second-order valence-corrected chi connectivity index (χ2v) is 8.80. The summed E-state index contributed by atoms with van der Waals surface area (Å²) in [5, 5.41) is 6.12. The minimum atomic E-state index is -4.50. The molecule has 13 heteroatoms. The molecule has 1 amide bonds. The Bertz CT molecular complexity index is 1050. The number of hydrogen-bond acceptors (Lipinski definition) is 6. The van der Waals surface area contributed by atoms with E-state index in [1.54, 1.807) is 32.9 Å². The van der Waals surface area contributed by atoms with E-state index >= 15 is 0 Å². The van der Waals surface area contributed by atoms with Gasteiger partial charge in [0.2, 0.25) is 11.7 Å². The maximum atomic E-state index is 13.1. The average molecular weight is 544 g/mol. The molecule has 1 radical (unpaired) electrons. The first-order valence-corrected chi connectivity index (χ1v) is 9.89. The number of nitrogens with one attached hydrogen (secondary N) is 1. The smallest absolute Gasteiger partial charge is 0.444 e. The Balaban J connectivity index is 0.00000320. The maximum Gasteiger partial charge on any atom is 0.447 e. The summed E-state index contributed by atoms with van der Waals surface area (Å²) >= 11 is 3.06. The molecule has 3 aromatic heterocycles. The van der Waals surface area contributed by atoms with Gasteiger partial charge in [0, 0.05) is 41.0 Å². The summed E-state index contributed by atoms with van der Waals surface area (Å²) in [6.45, 7) is 5.02. The van der Waals surface area contributed by atoms with Crippen LogP contribution in [0.2, 0.25) is 0 Å². The number of ether oxygens (including phenoxy) is 1. The van der Waals surface area contributed by atoms with Gasteiger partial charge in [-0.3, -0.25) is 0 Å². The predicted octanol–water partition coefficient (Wildman–Crippen LogP) is 5.39. The van der Waals surface area contributed by atoms with E-state index in [0.29, 0.717) is 9.99 Å². The van der Waals surface area contributed by atoms with Crippen molar-refractivity contribution >= 4 is 39.3 Å². The number of amides is 1. The molecule has 0 aliphatic heterocycles. The number of alkyl carbamates (subject to hydrolysis) is 1. The quantitative estimate of drug-likeness (QED) is 0.444. The molecule has 0 aliphatic rings. The van der Waals surface area contributed by atoms with Gasteiger partial charge in [0.25, 0.3) is 0 Å². The van der Waals surface area contributed by atoms with E-state index in [1.807, 2.05) is 0 Å². The predicted molar refractivity (Wildman–Crippen MR) is 103 cm³/mol. The molecule has 7 nitrogen and oxygen atoms in total. The molecule has 30 heavy (non-hydrogen) atoms. The average Bonchev–Trinajstić information content (AvgIpc) is 3.16. The summed E-state index contributed by atoms with van der Waals surface area (Å²) in [4.78, 5) is 15.8. The van der Waals surface area contributed by atoms with Crippen LogP contribution in [0.1, 0.15) is 26.7 Å². The minimum absolute atomic E-state index is 0. The molecule has 0 saturated carbocycles. The van der Waals surface area contributed by atoms with Gasteiger partial charge in [-0.15, -0.1) is 0 Å². The molecule has 0 unspecified atom stereocenters. The molecule has 0 atom stereocenters. The largest absolute Gasteiger partial charge is 0.447 e. The molecule has 0 aliphatic carbocycles. The standard InChI is InChI=1S/C17H16BrF3N4O3S.V/c1-16(2,3)27-15(26)22-8-12-23-13(24-28-12)9-7-11-10(18)5-4-6-25(11)14(9)29-17(19,20)21;/h4-7H,8H2,1-3H3,(H,22,26);. The number of fused-ring (bicyclic) bond motifs is 1. The Kier molecular flexibility index (Phi) is 7.60. The summed E-state index contributed by atoms with van der Waals surface area (Å²) in [5.74, 6) is 0.0106. The van der Waals surface area contributed by atoms with Crippen LogP contribution in [0.3, 0.4) is 0 Å². The molecule has 3 rings (SSSR count). The number of carbonyl (C=O) groups is 1. The second kappa shape index (κ2) is 9.25. The van der Waals surface area contributed by atoms with Crippen molar-refractivity contribution < 1.29 is 45.8 Å². The molecular formula is C17H16BrF3N4O3SV. The van der Waals surface area contributed by atoms with Crippen LogP contribution >= 0.6 is 27.7 Å². The van der Waals surface area contributed by atoms with Crippen molar-refractivity contribution in [1.29, 1.82) is 0 Å². The van der Waals surface area contributed by atoms with E-state index in [0.717, 1.165) is 0 Å². The van der Waals surface area contributed by atoms with Gasteiger partial charge in [0.15, 0.2) is 0 Å². The molecular weight excluding hydrogens is 528 g/mol. The van der Waals surface area contributed by atoms with E-state index < -0.39 is 17.2 Å². The Labute approximate surface area is 194 Å². The third-order valence-corrected chi connectivity index (χ3v) is 4.93. The van der Waals surface area contributed by atoms with Crippen LogP contribution in [0.5, 0.6) is 0 Å². The Morgan fingerprint density at radius 3 is 2.70 bits per heavy atom. The van der Waals surface area contributed by atoms with E-state index in [9.17, 15) is 18.0 Å². The number of alkyl halides is 3. The molecule has 3 aromatic rings. The molecule has 0 fully saturated rings. The van der Waals surface area contributed by atoms with Gasteiger partial charge in [0.1, 0.15) is 12.1 Å². The second-order valence-electron chi connectivity index (χ2n) is 6.89. The monoisotopic (exact) mass is 543 g/mol. The van der Waals surface area contributed by atoms with Gasteiger partial charge in [-0.2, -0.15) is 18.2 Å². The van der Waals surface area contributed by atoms with Gasteiger partial charge < -0.3 is 19.0 Å². The zero-order valence-corrected chi connectivity index (χ0v) is 19.7. The summed E-state index contributed by atoms with van der Waals surface area (Å²) in [6.07, 6.45) is 0.840. The van der Waals surface area contributed by atoms with Crippen molar-refractivity contribution in [2.45, 2.75) is 43.5 Å². The van der Waals surface area contributed by atoms with Gasteiger partial charge in [-0.05, 0) is 54.9 Å². The van der Waals surface area contributed by atoms with Crippen molar-refractivity contribution in [2.24, 2.45) is 0 Å². The van der Waals surface area contributed by atoms with Gasteiger partial charge in [-0.1, -0.05) is 5.16 Å². The van der Waals surface area contributed by atoms with Crippen molar-refractivity contribution in [3.05, 3.63) is 34.8 Å². The molecule has 1 N–H and O–H groups in total. The third-order valence-electron chi connectivity index (χ3n) is 3.42. The topological polar surface area (TPSA) is 81.7 Å². The first-order chi connectivity index (χ1) is 13.4. The van der Waals surface area contributed by atoms with Crippen LogP contribution in [0.25, 0.3) is 16.9 Å². The normalized spacial score (nSPS) is 12.0. The number of hydrogen-bond donors (Lipinski definition) is 1. The van der Waals surface area contributed by atoms with Crippen LogP contribution in [0, 0.1) is 0 Å². The Morgan fingerprint density at radius 2 is 2.07 bits per heavy atom. The van der Waals surface area contributed by atoms with Gasteiger partial charge in [0.05, 0.1) is 16.1 Å². The Hall–Kier alpha value is -1.63. The zero-order chi connectivity index (χ0) is 21.4. The van der Waals surface area contributed by atoms with Crippen LogP contribution < -0.4 is 5.32 Å². The van der Waals surface area contributed by atoms with Crippen LogP contribution in [0.15, 0.2) is 38.4 Å². The van der Waals surface area contributed by atoms with Crippen molar-refractivity contribution in [3.63, 3.8) is 0 Å². The fourth-order valence-electron chi connectivity index (χ4n) is 2.41. The van der Waals surface area contributed by atoms with Crippen molar-refractivity contribution in [1.82, 2.24) is 19.9 Å². The van der Waals surface area contributed by atoms with Gasteiger partial charge in [-0.25, -0.2) is 4.79 Å². The minimum Gasteiger partial charge on any atom is -0.444 e. The number of nitrogens with zero attached hydrogens (tertiary/aromatic N) is 3. The number of thioether (sulfide) groups is 1. The van der Waals surface area contributed by atoms with Crippen LogP contribution in [-0.4, -0.2) is 31.7 Å². The molecule has 0 spiro atoms. The Morgan fingerprint density at radius 1 is 1.37 bits per heavy atom. The number of halogens is 4. The summed E-state index contributed by atoms with van der Waals surface area (Å²) < 4.78 is 51.5. The summed E-state index contributed by atoms with van der Waals surface area (Å²) in [6, 6.07) is 4.87. The van der Waals surface area contributed by atoms with E-state index in [-0.39, 0.29) is 59.2 Å². The molecule has 0 aromatic carbocycles. The first kappa shape index (κ1) is 24.6. The SMILES string of the molecule is CC(C)(C)OC(=O)NCc1nc(-c2cc3c(Br)cccn3c2SC(F)(F)F)no1.[V]. The van der Waals surface area contributed by atoms with Crippen LogP contribution in [0.4, 0.5) is 18.0 Å². The fourth-order valence-corrected chi connectivity index (χ4v) is 3.61. The van der Waals surface area contributed by atoms with E-state index in [2.05, 4.69) is 31.4 Å². The molecule has 0 saturated heterocycles. The van der Waals surface area contributed by atoms with Crippen molar-refractivity contribution in [2.75, 3.05) is 0 Å². The maximum absolute atomic E-state index is 13.1. The first-order valence-electron chi connectivity index (χ1n) is 8.28. The summed E-state index contributed by atoms with van der Waals surface area (Å²) in [7, 11) is 0. The summed E-state index contributed by atoms with van der Waals surface area (Å²) in [5.41, 5.74) is -4.50.